The number of esters is 1. The summed E-state index contributed by atoms with van der Waals surface area (Å²) in [6.07, 6.45) is -0.236. The molecule has 1 aromatic rings. The number of Topliss-reactive ketones (excluding diaryl/α,β-unsaturated/α-hetero) is 1. The predicted octanol–water partition coefficient (Wildman–Crippen LogP) is 1.37. The fraction of sp³-hybridized carbons (Fsp3) is 0.333. The molecule has 0 spiro atoms. The van der Waals surface area contributed by atoms with Crippen molar-refractivity contribution in [3.8, 4) is 5.75 Å². The summed E-state index contributed by atoms with van der Waals surface area (Å²) in [6.45, 7) is 1.42. The van der Waals surface area contributed by atoms with E-state index in [9.17, 15) is 9.59 Å². The van der Waals surface area contributed by atoms with Crippen LogP contribution >= 0.6 is 0 Å². The van der Waals surface area contributed by atoms with Crippen molar-refractivity contribution in [3.05, 3.63) is 29.3 Å². The number of hydrogen-bond acceptors (Lipinski definition) is 4. The number of methoxy groups -OCH3 is 1. The van der Waals surface area contributed by atoms with Gasteiger partial charge in [-0.15, -0.1) is 0 Å². The van der Waals surface area contributed by atoms with Crippen molar-refractivity contribution in [1.29, 1.82) is 0 Å². The van der Waals surface area contributed by atoms with Crippen molar-refractivity contribution in [1.82, 2.24) is 0 Å². The summed E-state index contributed by atoms with van der Waals surface area (Å²) in [5.74, 6) is 0.0988. The first-order chi connectivity index (χ1) is 7.61. The molecule has 0 bridgehead atoms. The summed E-state index contributed by atoms with van der Waals surface area (Å²) < 4.78 is 10.1. The van der Waals surface area contributed by atoms with Crippen molar-refractivity contribution in [2.75, 3.05) is 7.11 Å². The molecule has 4 nitrogen and oxygen atoms in total. The number of benzene rings is 1. The summed E-state index contributed by atoms with van der Waals surface area (Å²) in [5, 5.41) is 0. The zero-order valence-electron chi connectivity index (χ0n) is 9.15. The highest BCUT2D eigenvalue weighted by Gasteiger charge is 2.29. The van der Waals surface area contributed by atoms with Crippen LogP contribution in [0.1, 0.15) is 22.8 Å². The Morgan fingerprint density at radius 1 is 1.50 bits per heavy atom. The van der Waals surface area contributed by atoms with Crippen LogP contribution in [0.25, 0.3) is 0 Å². The van der Waals surface area contributed by atoms with Gasteiger partial charge in [0, 0.05) is 6.42 Å². The SMILES string of the molecule is COc1ccc2c(c1)CC(C(C)=O)OC2=O. The Morgan fingerprint density at radius 3 is 2.88 bits per heavy atom. The number of ether oxygens (including phenoxy) is 2. The van der Waals surface area contributed by atoms with Gasteiger partial charge < -0.3 is 9.47 Å². The minimum atomic E-state index is -0.660. The number of rotatable bonds is 2. The summed E-state index contributed by atoms with van der Waals surface area (Å²) in [7, 11) is 1.56. The monoisotopic (exact) mass is 220 g/mol. The van der Waals surface area contributed by atoms with Crippen LogP contribution < -0.4 is 4.74 Å². The molecular formula is C12H12O4. The number of ketones is 1. The van der Waals surface area contributed by atoms with Gasteiger partial charge >= 0.3 is 5.97 Å². The van der Waals surface area contributed by atoms with E-state index in [1.165, 1.54) is 6.92 Å². The zero-order chi connectivity index (χ0) is 11.7. The topological polar surface area (TPSA) is 52.6 Å². The van der Waals surface area contributed by atoms with Crippen LogP contribution in [-0.4, -0.2) is 25.0 Å². The van der Waals surface area contributed by atoms with E-state index in [0.29, 0.717) is 17.7 Å². The standard InChI is InChI=1S/C12H12O4/c1-7(13)11-6-8-5-9(15-2)3-4-10(8)12(14)16-11/h3-5,11H,6H2,1-2H3. The van der Waals surface area contributed by atoms with Gasteiger partial charge in [0.2, 0.25) is 0 Å². The van der Waals surface area contributed by atoms with Gasteiger partial charge in [0.1, 0.15) is 5.75 Å². The molecule has 2 rings (SSSR count). The lowest BCUT2D eigenvalue weighted by molar-refractivity contribution is -0.125. The molecular weight excluding hydrogens is 208 g/mol. The molecule has 1 heterocycles. The van der Waals surface area contributed by atoms with E-state index in [2.05, 4.69) is 0 Å². The predicted molar refractivity (Wildman–Crippen MR) is 56.6 cm³/mol. The molecule has 4 heteroatoms. The number of hydrogen-bond donors (Lipinski definition) is 0. The maximum Gasteiger partial charge on any atom is 0.339 e. The second kappa shape index (κ2) is 3.96. The Kier molecular flexibility index (Phi) is 2.64. The summed E-state index contributed by atoms with van der Waals surface area (Å²) in [4.78, 5) is 22.8. The average Bonchev–Trinajstić information content (AvgIpc) is 2.28. The van der Waals surface area contributed by atoms with E-state index >= 15 is 0 Å². The van der Waals surface area contributed by atoms with Gasteiger partial charge in [-0.25, -0.2) is 4.79 Å². The molecule has 1 aliphatic rings. The molecule has 1 aromatic carbocycles. The van der Waals surface area contributed by atoms with Crippen molar-refractivity contribution in [3.63, 3.8) is 0 Å². The first-order valence-corrected chi connectivity index (χ1v) is 5.00. The molecule has 0 saturated carbocycles. The van der Waals surface area contributed by atoms with Crippen molar-refractivity contribution in [2.24, 2.45) is 0 Å². The molecule has 0 aliphatic carbocycles. The minimum absolute atomic E-state index is 0.137. The molecule has 16 heavy (non-hydrogen) atoms. The first-order valence-electron chi connectivity index (χ1n) is 5.00. The number of fused-ring (bicyclic) bond motifs is 1. The van der Waals surface area contributed by atoms with Crippen LogP contribution in [-0.2, 0) is 16.0 Å². The van der Waals surface area contributed by atoms with Crippen LogP contribution in [0.15, 0.2) is 18.2 Å². The Labute approximate surface area is 93.2 Å². The van der Waals surface area contributed by atoms with Crippen molar-refractivity contribution < 1.29 is 19.1 Å². The van der Waals surface area contributed by atoms with Crippen LogP contribution in [0.2, 0.25) is 0 Å². The minimum Gasteiger partial charge on any atom is -0.497 e. The largest absolute Gasteiger partial charge is 0.497 e. The molecule has 0 amide bonds. The fourth-order valence-electron chi connectivity index (χ4n) is 1.73. The summed E-state index contributed by atoms with van der Waals surface area (Å²) in [5.41, 5.74) is 1.31. The van der Waals surface area contributed by atoms with Gasteiger partial charge in [0.05, 0.1) is 12.7 Å². The van der Waals surface area contributed by atoms with E-state index < -0.39 is 12.1 Å². The maximum atomic E-state index is 11.6. The van der Waals surface area contributed by atoms with Gasteiger partial charge in [-0.2, -0.15) is 0 Å². The van der Waals surface area contributed by atoms with Crippen molar-refractivity contribution >= 4 is 11.8 Å². The fourth-order valence-corrected chi connectivity index (χ4v) is 1.73. The number of cyclic esters (lactones) is 1. The van der Waals surface area contributed by atoms with Gasteiger partial charge in [-0.3, -0.25) is 4.79 Å². The van der Waals surface area contributed by atoms with E-state index in [0.717, 1.165) is 5.56 Å². The van der Waals surface area contributed by atoms with Gasteiger partial charge in [-0.1, -0.05) is 0 Å². The zero-order valence-corrected chi connectivity index (χ0v) is 9.15. The van der Waals surface area contributed by atoms with Crippen LogP contribution in [0.5, 0.6) is 5.75 Å². The third-order valence-corrected chi connectivity index (χ3v) is 2.64. The average molecular weight is 220 g/mol. The number of carbonyl (C=O) groups excluding carboxylic acids is 2. The normalized spacial score (nSPS) is 18.6. The molecule has 84 valence electrons. The van der Waals surface area contributed by atoms with Gasteiger partial charge in [-0.05, 0) is 30.7 Å². The lowest BCUT2D eigenvalue weighted by Crippen LogP contribution is -2.32. The molecule has 0 N–H and O–H groups in total. The Hall–Kier alpha value is -1.84. The van der Waals surface area contributed by atoms with Crippen LogP contribution in [0.4, 0.5) is 0 Å². The number of carbonyl (C=O) groups is 2. The highest BCUT2D eigenvalue weighted by Crippen LogP contribution is 2.25. The molecule has 1 atom stereocenters. The highest BCUT2D eigenvalue weighted by molar-refractivity contribution is 5.95. The molecule has 1 aliphatic heterocycles. The maximum absolute atomic E-state index is 11.6. The molecule has 0 saturated heterocycles. The summed E-state index contributed by atoms with van der Waals surface area (Å²) in [6, 6.07) is 5.13. The Balaban J connectivity index is 2.39. The summed E-state index contributed by atoms with van der Waals surface area (Å²) >= 11 is 0. The van der Waals surface area contributed by atoms with Crippen LogP contribution in [0.3, 0.4) is 0 Å². The third-order valence-electron chi connectivity index (χ3n) is 2.64. The third kappa shape index (κ3) is 1.78. The molecule has 0 radical (unpaired) electrons. The van der Waals surface area contributed by atoms with E-state index in [1.807, 2.05) is 0 Å². The molecule has 1 unspecified atom stereocenters. The van der Waals surface area contributed by atoms with E-state index in [-0.39, 0.29) is 5.78 Å². The van der Waals surface area contributed by atoms with Crippen LogP contribution in [0, 0.1) is 0 Å². The van der Waals surface area contributed by atoms with E-state index in [1.54, 1.807) is 25.3 Å². The van der Waals surface area contributed by atoms with E-state index in [4.69, 9.17) is 9.47 Å². The lowest BCUT2D eigenvalue weighted by Gasteiger charge is -2.22. The first kappa shape index (κ1) is 10.7. The highest BCUT2D eigenvalue weighted by atomic mass is 16.5. The Morgan fingerprint density at radius 2 is 2.25 bits per heavy atom. The smallest absolute Gasteiger partial charge is 0.339 e. The van der Waals surface area contributed by atoms with Crippen molar-refractivity contribution in [2.45, 2.75) is 19.4 Å². The van der Waals surface area contributed by atoms with Gasteiger partial charge in [0.15, 0.2) is 11.9 Å². The van der Waals surface area contributed by atoms with Gasteiger partial charge in [0.25, 0.3) is 0 Å². The second-order valence-electron chi connectivity index (χ2n) is 3.73. The Bertz CT molecular complexity index is 450. The second-order valence-corrected chi connectivity index (χ2v) is 3.73. The quantitative estimate of drug-likeness (QED) is 0.706. The molecule has 0 fully saturated rings. The lowest BCUT2D eigenvalue weighted by atomic mass is 9.97. The molecule has 0 aromatic heterocycles.